The van der Waals surface area contributed by atoms with Crippen LogP contribution in [0, 0.1) is 0 Å². The number of carbonyl (C=O) groups is 1. The SMILES string of the molecule is CN(C)Cc1cc2c(cc1O)CCC(=O)N2. The van der Waals surface area contributed by atoms with Crippen molar-refractivity contribution in [3.05, 3.63) is 23.3 Å². The monoisotopic (exact) mass is 220 g/mol. The second-order valence-electron chi connectivity index (χ2n) is 4.42. The predicted octanol–water partition coefficient (Wildman–Crippen LogP) is 1.34. The molecule has 1 amide bonds. The molecule has 86 valence electrons. The summed E-state index contributed by atoms with van der Waals surface area (Å²) in [4.78, 5) is 13.2. The number of aromatic hydroxyl groups is 1. The van der Waals surface area contributed by atoms with E-state index in [1.54, 1.807) is 6.07 Å². The summed E-state index contributed by atoms with van der Waals surface area (Å²) < 4.78 is 0. The summed E-state index contributed by atoms with van der Waals surface area (Å²) in [6, 6.07) is 3.62. The maximum Gasteiger partial charge on any atom is 0.224 e. The number of anilines is 1. The lowest BCUT2D eigenvalue weighted by Gasteiger charge is -2.20. The first-order valence-corrected chi connectivity index (χ1v) is 5.35. The number of carbonyl (C=O) groups excluding carboxylic acids is 1. The first kappa shape index (κ1) is 11.0. The predicted molar refractivity (Wildman–Crippen MR) is 62.4 cm³/mol. The van der Waals surface area contributed by atoms with Crippen LogP contribution in [0.4, 0.5) is 5.69 Å². The molecule has 4 nitrogen and oxygen atoms in total. The van der Waals surface area contributed by atoms with Crippen molar-refractivity contribution in [2.75, 3.05) is 19.4 Å². The largest absolute Gasteiger partial charge is 0.508 e. The van der Waals surface area contributed by atoms with Gasteiger partial charge in [-0.25, -0.2) is 0 Å². The van der Waals surface area contributed by atoms with Gasteiger partial charge in [0.25, 0.3) is 0 Å². The van der Waals surface area contributed by atoms with Gasteiger partial charge in [0.15, 0.2) is 0 Å². The van der Waals surface area contributed by atoms with Crippen LogP contribution in [0.15, 0.2) is 12.1 Å². The summed E-state index contributed by atoms with van der Waals surface area (Å²) in [5.41, 5.74) is 2.69. The molecule has 1 aromatic carbocycles. The van der Waals surface area contributed by atoms with Crippen molar-refractivity contribution in [1.29, 1.82) is 0 Å². The number of phenols is 1. The van der Waals surface area contributed by atoms with Gasteiger partial charge in [0.2, 0.25) is 5.91 Å². The zero-order valence-corrected chi connectivity index (χ0v) is 9.58. The average molecular weight is 220 g/mol. The standard InChI is InChI=1S/C12H16N2O2/c1-14(2)7-9-5-10-8(6-11(9)15)3-4-12(16)13-10/h5-6,15H,3-4,7H2,1-2H3,(H,13,16). The highest BCUT2D eigenvalue weighted by Crippen LogP contribution is 2.30. The van der Waals surface area contributed by atoms with E-state index >= 15 is 0 Å². The molecule has 1 aliphatic heterocycles. The Bertz CT molecular complexity index is 427. The molecule has 0 bridgehead atoms. The minimum atomic E-state index is 0.0500. The number of nitrogens with one attached hydrogen (secondary N) is 1. The molecule has 4 heteroatoms. The number of hydrogen-bond acceptors (Lipinski definition) is 3. The van der Waals surface area contributed by atoms with Gasteiger partial charge in [-0.1, -0.05) is 0 Å². The van der Waals surface area contributed by atoms with E-state index < -0.39 is 0 Å². The summed E-state index contributed by atoms with van der Waals surface area (Å²) in [6.07, 6.45) is 1.20. The van der Waals surface area contributed by atoms with Gasteiger partial charge in [0, 0.05) is 24.2 Å². The molecular weight excluding hydrogens is 204 g/mol. The van der Waals surface area contributed by atoms with Crippen molar-refractivity contribution < 1.29 is 9.90 Å². The van der Waals surface area contributed by atoms with Gasteiger partial charge in [-0.15, -0.1) is 0 Å². The number of nitrogens with zero attached hydrogens (tertiary/aromatic N) is 1. The fourth-order valence-electron chi connectivity index (χ4n) is 1.93. The molecule has 2 rings (SSSR count). The van der Waals surface area contributed by atoms with Crippen LogP contribution < -0.4 is 5.32 Å². The normalized spacial score (nSPS) is 14.8. The third-order valence-corrected chi connectivity index (χ3v) is 2.69. The minimum Gasteiger partial charge on any atom is -0.508 e. The van der Waals surface area contributed by atoms with Gasteiger partial charge in [-0.3, -0.25) is 4.79 Å². The van der Waals surface area contributed by atoms with Crippen LogP contribution in [0.1, 0.15) is 17.5 Å². The third kappa shape index (κ3) is 2.17. The number of hydrogen-bond donors (Lipinski definition) is 2. The molecule has 1 aliphatic rings. The number of rotatable bonds is 2. The van der Waals surface area contributed by atoms with E-state index in [4.69, 9.17) is 0 Å². The third-order valence-electron chi connectivity index (χ3n) is 2.69. The zero-order valence-electron chi connectivity index (χ0n) is 9.58. The van der Waals surface area contributed by atoms with E-state index in [2.05, 4.69) is 5.32 Å². The molecule has 0 spiro atoms. The molecule has 0 saturated carbocycles. The van der Waals surface area contributed by atoms with Crippen LogP contribution in [0.3, 0.4) is 0 Å². The van der Waals surface area contributed by atoms with E-state index in [0.717, 1.165) is 16.8 Å². The fraction of sp³-hybridized carbons (Fsp3) is 0.417. The van der Waals surface area contributed by atoms with Gasteiger partial charge in [0.05, 0.1) is 0 Å². The summed E-state index contributed by atoms with van der Waals surface area (Å²) >= 11 is 0. The molecule has 1 heterocycles. The maximum absolute atomic E-state index is 11.3. The number of aryl methyl sites for hydroxylation is 1. The van der Waals surface area contributed by atoms with Crippen molar-refractivity contribution in [3.8, 4) is 5.75 Å². The Hall–Kier alpha value is -1.55. The number of amides is 1. The Labute approximate surface area is 94.9 Å². The Morgan fingerprint density at radius 1 is 1.38 bits per heavy atom. The van der Waals surface area contributed by atoms with E-state index in [-0.39, 0.29) is 5.91 Å². The summed E-state index contributed by atoms with van der Waals surface area (Å²) in [7, 11) is 3.88. The van der Waals surface area contributed by atoms with Gasteiger partial charge in [-0.2, -0.15) is 0 Å². The number of benzene rings is 1. The Morgan fingerprint density at radius 2 is 2.12 bits per heavy atom. The first-order chi connectivity index (χ1) is 7.56. The van der Waals surface area contributed by atoms with Gasteiger partial charge in [0.1, 0.15) is 5.75 Å². The van der Waals surface area contributed by atoms with Crippen LogP contribution in [0.25, 0.3) is 0 Å². The summed E-state index contributed by atoms with van der Waals surface area (Å²) in [5, 5.41) is 12.7. The Morgan fingerprint density at radius 3 is 2.81 bits per heavy atom. The van der Waals surface area contributed by atoms with Crippen molar-refractivity contribution >= 4 is 11.6 Å². The van der Waals surface area contributed by atoms with Crippen LogP contribution >= 0.6 is 0 Å². The van der Waals surface area contributed by atoms with E-state index in [1.807, 2.05) is 25.1 Å². The lowest BCUT2D eigenvalue weighted by Crippen LogP contribution is -2.19. The van der Waals surface area contributed by atoms with E-state index in [1.165, 1.54) is 0 Å². The maximum atomic E-state index is 11.3. The van der Waals surface area contributed by atoms with Crippen molar-refractivity contribution in [2.24, 2.45) is 0 Å². The molecule has 0 aromatic heterocycles. The lowest BCUT2D eigenvalue weighted by molar-refractivity contribution is -0.116. The molecule has 0 saturated heterocycles. The van der Waals surface area contributed by atoms with Crippen molar-refractivity contribution in [3.63, 3.8) is 0 Å². The molecule has 0 atom stereocenters. The second-order valence-corrected chi connectivity index (χ2v) is 4.42. The topological polar surface area (TPSA) is 52.6 Å². The Kier molecular flexibility index (Phi) is 2.83. The van der Waals surface area contributed by atoms with Crippen molar-refractivity contribution in [1.82, 2.24) is 4.90 Å². The molecule has 0 fully saturated rings. The first-order valence-electron chi connectivity index (χ1n) is 5.35. The molecule has 2 N–H and O–H groups in total. The van der Waals surface area contributed by atoms with E-state index in [9.17, 15) is 9.90 Å². The highest BCUT2D eigenvalue weighted by molar-refractivity contribution is 5.94. The second kappa shape index (κ2) is 4.14. The average Bonchev–Trinajstić information content (AvgIpc) is 2.19. The molecule has 1 aromatic rings. The van der Waals surface area contributed by atoms with Crippen LogP contribution in [-0.2, 0) is 17.8 Å². The molecule has 16 heavy (non-hydrogen) atoms. The molecule has 0 aliphatic carbocycles. The molecule has 0 radical (unpaired) electrons. The van der Waals surface area contributed by atoms with Gasteiger partial charge in [-0.05, 0) is 38.2 Å². The van der Waals surface area contributed by atoms with Crippen molar-refractivity contribution in [2.45, 2.75) is 19.4 Å². The lowest BCUT2D eigenvalue weighted by atomic mass is 10.00. The highest BCUT2D eigenvalue weighted by Gasteiger charge is 2.17. The van der Waals surface area contributed by atoms with Crippen LogP contribution in [-0.4, -0.2) is 30.0 Å². The van der Waals surface area contributed by atoms with Gasteiger partial charge >= 0.3 is 0 Å². The zero-order chi connectivity index (χ0) is 11.7. The number of fused-ring (bicyclic) bond motifs is 1. The molecular formula is C12H16N2O2. The summed E-state index contributed by atoms with van der Waals surface area (Å²) in [5.74, 6) is 0.359. The quantitative estimate of drug-likeness (QED) is 0.739. The smallest absolute Gasteiger partial charge is 0.224 e. The minimum absolute atomic E-state index is 0.0500. The van der Waals surface area contributed by atoms with E-state index in [0.29, 0.717) is 25.1 Å². The highest BCUT2D eigenvalue weighted by atomic mass is 16.3. The fourth-order valence-corrected chi connectivity index (χ4v) is 1.93. The number of phenolic OH excluding ortho intramolecular Hbond substituents is 1. The van der Waals surface area contributed by atoms with Crippen LogP contribution in [0.2, 0.25) is 0 Å². The Balaban J connectivity index is 2.35. The summed E-state index contributed by atoms with van der Waals surface area (Å²) in [6.45, 7) is 0.662. The van der Waals surface area contributed by atoms with Gasteiger partial charge < -0.3 is 15.3 Å². The molecule has 0 unspecified atom stereocenters. The van der Waals surface area contributed by atoms with Crippen LogP contribution in [0.5, 0.6) is 5.75 Å².